The molecule has 10 nitrogen and oxygen atoms in total. The Bertz CT molecular complexity index is 1310. The second-order valence-electron chi connectivity index (χ2n) is 8.96. The lowest BCUT2D eigenvalue weighted by Gasteiger charge is -2.30. The number of anilines is 1. The number of benzene rings is 1. The normalized spacial score (nSPS) is 20.0. The van der Waals surface area contributed by atoms with E-state index >= 15 is 0 Å². The molecule has 3 aromatic rings. The standard InChI is InChI=1S/C24H28N6O4S/c1-35(32,33)30-10-6-17(7-11-30)16-2-4-18(5-3-16)20-12-21-23(26-9-8-25-21)24(29-20)28-14-19-13-27-22(31)15-34-19/h2-5,8-9,12,17,19H,6-7,10-11,13-15H2,1H3,(H,27,31)(H,28,29)/t19-/m0/s1. The second kappa shape index (κ2) is 9.84. The molecule has 35 heavy (non-hydrogen) atoms. The number of morpholine rings is 1. The number of piperidine rings is 1. The first-order valence-electron chi connectivity index (χ1n) is 11.7. The van der Waals surface area contributed by atoms with Gasteiger partial charge in [-0.05, 0) is 30.4 Å². The summed E-state index contributed by atoms with van der Waals surface area (Å²) in [6, 6.07) is 10.2. The lowest BCUT2D eigenvalue weighted by Crippen LogP contribution is -2.45. The Kier molecular flexibility index (Phi) is 6.63. The van der Waals surface area contributed by atoms with E-state index in [1.807, 2.05) is 18.2 Å². The van der Waals surface area contributed by atoms with Gasteiger partial charge in [-0.15, -0.1) is 0 Å². The number of amides is 1. The monoisotopic (exact) mass is 496 g/mol. The Labute approximate surface area is 204 Å². The zero-order chi connectivity index (χ0) is 24.4. The minimum Gasteiger partial charge on any atom is -0.366 e. The highest BCUT2D eigenvalue weighted by molar-refractivity contribution is 7.88. The Morgan fingerprint density at radius 2 is 1.89 bits per heavy atom. The van der Waals surface area contributed by atoms with E-state index in [0.29, 0.717) is 43.4 Å². The van der Waals surface area contributed by atoms with Crippen LogP contribution in [0.4, 0.5) is 5.82 Å². The number of carbonyl (C=O) groups excluding carboxylic acids is 1. The molecule has 0 saturated carbocycles. The average Bonchev–Trinajstić information content (AvgIpc) is 2.88. The molecular formula is C24H28N6O4S. The third kappa shape index (κ3) is 5.42. The smallest absolute Gasteiger partial charge is 0.246 e. The van der Waals surface area contributed by atoms with Gasteiger partial charge in [-0.1, -0.05) is 24.3 Å². The van der Waals surface area contributed by atoms with Crippen molar-refractivity contribution < 1.29 is 17.9 Å². The lowest BCUT2D eigenvalue weighted by molar-refractivity contribution is -0.132. The van der Waals surface area contributed by atoms with Crippen molar-refractivity contribution in [2.24, 2.45) is 0 Å². The molecule has 2 N–H and O–H groups in total. The summed E-state index contributed by atoms with van der Waals surface area (Å²) in [7, 11) is -3.13. The van der Waals surface area contributed by atoms with Crippen LogP contribution in [0.2, 0.25) is 0 Å². The number of ether oxygens (including phenoxy) is 1. The topological polar surface area (TPSA) is 126 Å². The maximum atomic E-state index is 11.8. The van der Waals surface area contributed by atoms with Crippen molar-refractivity contribution in [3.8, 4) is 11.3 Å². The third-order valence-electron chi connectivity index (χ3n) is 6.53. The summed E-state index contributed by atoms with van der Waals surface area (Å²) in [6.45, 7) is 2.09. The fourth-order valence-corrected chi connectivity index (χ4v) is 5.44. The summed E-state index contributed by atoms with van der Waals surface area (Å²) in [5.74, 6) is 0.844. The van der Waals surface area contributed by atoms with Crippen molar-refractivity contribution in [3.63, 3.8) is 0 Å². The Morgan fingerprint density at radius 1 is 1.14 bits per heavy atom. The minimum atomic E-state index is -3.13. The van der Waals surface area contributed by atoms with Crippen LogP contribution in [-0.4, -0.2) is 78.7 Å². The van der Waals surface area contributed by atoms with Crippen LogP contribution in [0.1, 0.15) is 24.3 Å². The lowest BCUT2D eigenvalue weighted by atomic mass is 9.89. The summed E-state index contributed by atoms with van der Waals surface area (Å²) >= 11 is 0. The van der Waals surface area contributed by atoms with E-state index in [-0.39, 0.29) is 18.6 Å². The molecule has 0 radical (unpaired) electrons. The molecule has 0 aliphatic carbocycles. The minimum absolute atomic E-state index is 0.0556. The first-order chi connectivity index (χ1) is 16.9. The molecule has 4 heterocycles. The number of carbonyl (C=O) groups is 1. The summed E-state index contributed by atoms with van der Waals surface area (Å²) < 4.78 is 30.7. The van der Waals surface area contributed by atoms with Gasteiger partial charge in [0.1, 0.15) is 12.1 Å². The van der Waals surface area contributed by atoms with Crippen LogP contribution in [0.25, 0.3) is 22.3 Å². The number of hydrogen-bond acceptors (Lipinski definition) is 8. The van der Waals surface area contributed by atoms with Gasteiger partial charge in [0.15, 0.2) is 5.82 Å². The Balaban J connectivity index is 1.33. The van der Waals surface area contributed by atoms with Gasteiger partial charge in [0.05, 0.1) is 23.6 Å². The molecule has 1 atom stereocenters. The van der Waals surface area contributed by atoms with Crippen molar-refractivity contribution in [3.05, 3.63) is 48.3 Å². The summed E-state index contributed by atoms with van der Waals surface area (Å²) in [5.41, 5.74) is 4.34. The van der Waals surface area contributed by atoms with Gasteiger partial charge >= 0.3 is 0 Å². The SMILES string of the molecule is CS(=O)(=O)N1CCC(c2ccc(-c3cc4nccnc4c(NC[C@@H]4CNC(=O)CO4)n3)cc2)CC1. The summed E-state index contributed by atoms with van der Waals surface area (Å²) in [4.78, 5) is 25.1. The van der Waals surface area contributed by atoms with Crippen LogP contribution in [0.5, 0.6) is 0 Å². The molecule has 2 aromatic heterocycles. The Hall–Kier alpha value is -3.15. The highest BCUT2D eigenvalue weighted by Gasteiger charge is 2.26. The molecule has 0 unspecified atom stereocenters. The molecule has 184 valence electrons. The summed E-state index contributed by atoms with van der Waals surface area (Å²) in [6.07, 6.45) is 6.03. The van der Waals surface area contributed by atoms with Crippen LogP contribution in [0, 0.1) is 0 Å². The van der Waals surface area contributed by atoms with E-state index < -0.39 is 10.0 Å². The van der Waals surface area contributed by atoms with Crippen LogP contribution in [0.15, 0.2) is 42.7 Å². The number of nitrogens with zero attached hydrogens (tertiary/aromatic N) is 4. The molecule has 2 saturated heterocycles. The molecule has 11 heteroatoms. The van der Waals surface area contributed by atoms with E-state index in [0.717, 1.165) is 29.6 Å². The summed E-state index contributed by atoms with van der Waals surface area (Å²) in [5, 5.41) is 6.12. The van der Waals surface area contributed by atoms with E-state index in [1.165, 1.54) is 11.8 Å². The van der Waals surface area contributed by atoms with E-state index in [1.54, 1.807) is 16.7 Å². The highest BCUT2D eigenvalue weighted by atomic mass is 32.2. The van der Waals surface area contributed by atoms with Crippen molar-refractivity contribution in [2.75, 3.05) is 44.4 Å². The quantitative estimate of drug-likeness (QED) is 0.529. The van der Waals surface area contributed by atoms with Crippen molar-refractivity contribution in [2.45, 2.75) is 24.9 Å². The first kappa shape index (κ1) is 23.6. The van der Waals surface area contributed by atoms with Crippen LogP contribution in [0.3, 0.4) is 0 Å². The van der Waals surface area contributed by atoms with Gasteiger partial charge in [0.2, 0.25) is 15.9 Å². The molecular weight excluding hydrogens is 468 g/mol. The molecule has 2 aliphatic heterocycles. The van der Waals surface area contributed by atoms with Crippen LogP contribution >= 0.6 is 0 Å². The predicted molar refractivity (Wildman–Crippen MR) is 132 cm³/mol. The maximum absolute atomic E-state index is 11.8. The van der Waals surface area contributed by atoms with Gasteiger partial charge in [-0.2, -0.15) is 0 Å². The number of nitrogens with one attached hydrogen (secondary N) is 2. The molecule has 0 bridgehead atoms. The molecule has 5 rings (SSSR count). The maximum Gasteiger partial charge on any atom is 0.246 e. The van der Waals surface area contributed by atoms with Crippen LogP contribution < -0.4 is 10.6 Å². The molecule has 1 amide bonds. The van der Waals surface area contributed by atoms with Gasteiger partial charge in [0, 0.05) is 44.1 Å². The van der Waals surface area contributed by atoms with Gasteiger partial charge in [-0.25, -0.2) is 22.7 Å². The average molecular weight is 497 g/mol. The fraction of sp³-hybridized carbons (Fsp3) is 0.417. The van der Waals surface area contributed by atoms with E-state index in [9.17, 15) is 13.2 Å². The van der Waals surface area contributed by atoms with Crippen molar-refractivity contribution in [1.29, 1.82) is 0 Å². The molecule has 1 aromatic carbocycles. The predicted octanol–water partition coefficient (Wildman–Crippen LogP) is 1.76. The number of fused-ring (bicyclic) bond motifs is 1. The van der Waals surface area contributed by atoms with Gasteiger partial charge in [0.25, 0.3) is 0 Å². The number of sulfonamides is 1. The van der Waals surface area contributed by atoms with Crippen molar-refractivity contribution >= 4 is 32.8 Å². The van der Waals surface area contributed by atoms with Gasteiger partial charge in [-0.3, -0.25) is 9.78 Å². The fourth-order valence-electron chi connectivity index (χ4n) is 4.56. The zero-order valence-electron chi connectivity index (χ0n) is 19.5. The van der Waals surface area contributed by atoms with E-state index in [2.05, 4.69) is 32.7 Å². The second-order valence-corrected chi connectivity index (χ2v) is 10.9. The van der Waals surface area contributed by atoms with Crippen molar-refractivity contribution in [1.82, 2.24) is 24.6 Å². The first-order valence-corrected chi connectivity index (χ1v) is 13.5. The highest BCUT2D eigenvalue weighted by Crippen LogP contribution is 2.31. The zero-order valence-corrected chi connectivity index (χ0v) is 20.3. The number of hydrogen-bond donors (Lipinski definition) is 2. The largest absolute Gasteiger partial charge is 0.366 e. The molecule has 2 aliphatic rings. The molecule has 0 spiro atoms. The van der Waals surface area contributed by atoms with Crippen LogP contribution in [-0.2, 0) is 19.6 Å². The number of rotatable bonds is 6. The molecule has 2 fully saturated rings. The number of pyridine rings is 1. The van der Waals surface area contributed by atoms with E-state index in [4.69, 9.17) is 9.72 Å². The third-order valence-corrected chi connectivity index (χ3v) is 7.83. The number of aromatic nitrogens is 3. The van der Waals surface area contributed by atoms with Gasteiger partial charge < -0.3 is 15.4 Å². The Morgan fingerprint density at radius 3 is 2.57 bits per heavy atom.